The van der Waals surface area contributed by atoms with Crippen LogP contribution in [0.1, 0.15) is 6.92 Å². The molecule has 0 spiro atoms. The van der Waals surface area contributed by atoms with E-state index in [1.807, 2.05) is 0 Å². The third-order valence-corrected chi connectivity index (χ3v) is 3.11. The molecule has 0 saturated heterocycles. The molecule has 0 atom stereocenters. The summed E-state index contributed by atoms with van der Waals surface area (Å²) in [4.78, 5) is 10.9. The zero-order valence-corrected chi connectivity index (χ0v) is 10.0. The standard InChI is InChI=1S/C10H9ClO4S/c1-7(2)10(12)15-16(13,14)9-5-3-8(11)4-6-9/h3-6H,1H2,2H3. The molecule has 0 aromatic heterocycles. The Morgan fingerprint density at radius 2 is 1.81 bits per heavy atom. The van der Waals surface area contributed by atoms with E-state index >= 15 is 0 Å². The summed E-state index contributed by atoms with van der Waals surface area (Å²) < 4.78 is 27.4. The fourth-order valence-electron chi connectivity index (χ4n) is 0.820. The highest BCUT2D eigenvalue weighted by Crippen LogP contribution is 2.16. The van der Waals surface area contributed by atoms with E-state index in [9.17, 15) is 13.2 Å². The maximum atomic E-state index is 11.5. The summed E-state index contributed by atoms with van der Waals surface area (Å²) in [6.45, 7) is 4.65. The number of rotatable bonds is 3. The summed E-state index contributed by atoms with van der Waals surface area (Å²) in [5.41, 5.74) is 0.0116. The molecule has 86 valence electrons. The summed E-state index contributed by atoms with van der Waals surface area (Å²) in [7, 11) is -4.09. The van der Waals surface area contributed by atoms with Crippen molar-refractivity contribution in [3.63, 3.8) is 0 Å². The predicted molar refractivity (Wildman–Crippen MR) is 59.5 cm³/mol. The predicted octanol–water partition coefficient (Wildman–Crippen LogP) is 2.15. The van der Waals surface area contributed by atoms with Crippen molar-refractivity contribution < 1.29 is 17.4 Å². The Morgan fingerprint density at radius 3 is 2.25 bits per heavy atom. The molecule has 0 aliphatic rings. The number of benzene rings is 1. The molecule has 1 rings (SSSR count). The highest BCUT2D eigenvalue weighted by atomic mass is 35.5. The molecule has 1 aromatic rings. The van der Waals surface area contributed by atoms with Crippen LogP contribution in [-0.4, -0.2) is 14.4 Å². The summed E-state index contributed by atoms with van der Waals surface area (Å²) in [5.74, 6) is -0.977. The van der Waals surface area contributed by atoms with E-state index in [0.29, 0.717) is 5.02 Å². The lowest BCUT2D eigenvalue weighted by atomic mass is 10.4. The van der Waals surface area contributed by atoms with Gasteiger partial charge in [-0.2, -0.15) is 8.42 Å². The molecule has 0 amide bonds. The van der Waals surface area contributed by atoms with E-state index in [1.165, 1.54) is 31.2 Å². The molecule has 0 radical (unpaired) electrons. The Labute approximate surface area is 98.6 Å². The van der Waals surface area contributed by atoms with Gasteiger partial charge in [-0.25, -0.2) is 4.79 Å². The van der Waals surface area contributed by atoms with Crippen LogP contribution in [0.25, 0.3) is 0 Å². The molecule has 1 aromatic carbocycles. The fourth-order valence-corrected chi connectivity index (χ4v) is 1.85. The quantitative estimate of drug-likeness (QED) is 0.617. The van der Waals surface area contributed by atoms with E-state index in [2.05, 4.69) is 10.8 Å². The zero-order chi connectivity index (χ0) is 12.3. The minimum atomic E-state index is -4.09. The van der Waals surface area contributed by atoms with Gasteiger partial charge in [-0.3, -0.25) is 0 Å². The summed E-state index contributed by atoms with van der Waals surface area (Å²) in [5, 5.41) is 0.394. The summed E-state index contributed by atoms with van der Waals surface area (Å²) in [6, 6.07) is 5.29. The largest absolute Gasteiger partial charge is 0.349 e. The van der Waals surface area contributed by atoms with Crippen molar-refractivity contribution in [1.82, 2.24) is 0 Å². The maximum Gasteiger partial charge on any atom is 0.349 e. The van der Waals surface area contributed by atoms with Crippen LogP contribution in [0, 0.1) is 0 Å². The van der Waals surface area contributed by atoms with Crippen molar-refractivity contribution in [2.45, 2.75) is 11.8 Å². The van der Waals surface area contributed by atoms with E-state index in [-0.39, 0.29) is 10.5 Å². The van der Waals surface area contributed by atoms with Gasteiger partial charge in [0.15, 0.2) is 0 Å². The van der Waals surface area contributed by atoms with Crippen molar-refractivity contribution in [3.8, 4) is 0 Å². The lowest BCUT2D eigenvalue weighted by Crippen LogP contribution is -2.13. The first-order valence-corrected chi connectivity index (χ1v) is 6.01. The topological polar surface area (TPSA) is 60.4 Å². The third kappa shape index (κ3) is 3.08. The number of halogens is 1. The molecule has 0 saturated carbocycles. The van der Waals surface area contributed by atoms with Crippen LogP contribution in [-0.2, 0) is 19.1 Å². The van der Waals surface area contributed by atoms with Crippen molar-refractivity contribution >= 4 is 27.7 Å². The molecule has 0 bridgehead atoms. The van der Waals surface area contributed by atoms with Gasteiger partial charge in [-0.1, -0.05) is 18.2 Å². The lowest BCUT2D eigenvalue weighted by Gasteiger charge is -2.04. The monoisotopic (exact) mass is 260 g/mol. The first-order chi connectivity index (χ1) is 7.33. The van der Waals surface area contributed by atoms with Crippen molar-refractivity contribution in [1.29, 1.82) is 0 Å². The van der Waals surface area contributed by atoms with E-state index < -0.39 is 16.1 Å². The molecule has 0 heterocycles. The molecule has 0 N–H and O–H groups in total. The molecule has 0 fully saturated rings. The van der Waals surface area contributed by atoms with Gasteiger partial charge in [-0.15, -0.1) is 0 Å². The highest BCUT2D eigenvalue weighted by Gasteiger charge is 2.20. The Balaban J connectivity index is 2.99. The van der Waals surface area contributed by atoms with Crippen molar-refractivity contribution in [2.75, 3.05) is 0 Å². The van der Waals surface area contributed by atoms with Crippen LogP contribution in [0.3, 0.4) is 0 Å². The number of hydrogen-bond donors (Lipinski definition) is 0. The number of carbonyl (C=O) groups excluding carboxylic acids is 1. The first kappa shape index (κ1) is 12.7. The van der Waals surface area contributed by atoms with Crippen LogP contribution in [0.15, 0.2) is 41.3 Å². The van der Waals surface area contributed by atoms with Gasteiger partial charge in [0.2, 0.25) is 0 Å². The summed E-state index contributed by atoms with van der Waals surface area (Å²) in [6.07, 6.45) is 0. The highest BCUT2D eigenvalue weighted by molar-refractivity contribution is 7.87. The van der Waals surface area contributed by atoms with E-state index in [4.69, 9.17) is 11.6 Å². The minimum absolute atomic E-state index is 0.0116. The second-order valence-electron chi connectivity index (χ2n) is 3.06. The van der Waals surface area contributed by atoms with Gasteiger partial charge < -0.3 is 4.18 Å². The Kier molecular flexibility index (Phi) is 3.72. The average molecular weight is 261 g/mol. The van der Waals surface area contributed by atoms with Gasteiger partial charge >= 0.3 is 16.1 Å². The molecule has 4 nitrogen and oxygen atoms in total. The van der Waals surface area contributed by atoms with E-state index in [0.717, 1.165) is 0 Å². The van der Waals surface area contributed by atoms with Crippen LogP contribution in [0.5, 0.6) is 0 Å². The lowest BCUT2D eigenvalue weighted by molar-refractivity contribution is -0.129. The van der Waals surface area contributed by atoms with Crippen LogP contribution >= 0.6 is 11.6 Å². The van der Waals surface area contributed by atoms with Gasteiger partial charge in [0.1, 0.15) is 4.90 Å². The number of carbonyl (C=O) groups is 1. The summed E-state index contributed by atoms with van der Waals surface area (Å²) >= 11 is 5.60. The Hall–Kier alpha value is -1.33. The van der Waals surface area contributed by atoms with Crippen molar-refractivity contribution in [3.05, 3.63) is 41.4 Å². The number of hydrogen-bond acceptors (Lipinski definition) is 4. The molecule has 0 aliphatic heterocycles. The molecule has 0 unspecified atom stereocenters. The smallest absolute Gasteiger partial charge is 0.338 e. The molecule has 6 heteroatoms. The third-order valence-electron chi connectivity index (χ3n) is 1.64. The first-order valence-electron chi connectivity index (χ1n) is 4.23. The SMILES string of the molecule is C=C(C)C(=O)OS(=O)(=O)c1ccc(Cl)cc1. The van der Waals surface area contributed by atoms with Crippen molar-refractivity contribution in [2.24, 2.45) is 0 Å². The van der Waals surface area contributed by atoms with Crippen LogP contribution in [0.4, 0.5) is 0 Å². The van der Waals surface area contributed by atoms with Gasteiger partial charge in [0.25, 0.3) is 0 Å². The second-order valence-corrected chi connectivity index (χ2v) is 5.04. The molecular formula is C10H9ClO4S. The van der Waals surface area contributed by atoms with Crippen LogP contribution < -0.4 is 0 Å². The minimum Gasteiger partial charge on any atom is -0.338 e. The normalized spacial score (nSPS) is 10.9. The average Bonchev–Trinajstić information content (AvgIpc) is 2.17. The molecule has 0 aliphatic carbocycles. The molecular weight excluding hydrogens is 252 g/mol. The van der Waals surface area contributed by atoms with Gasteiger partial charge in [-0.05, 0) is 31.2 Å². The zero-order valence-electron chi connectivity index (χ0n) is 8.44. The van der Waals surface area contributed by atoms with Crippen LogP contribution in [0.2, 0.25) is 5.02 Å². The Bertz CT molecular complexity index is 516. The fraction of sp³-hybridized carbons (Fsp3) is 0.100. The molecule has 16 heavy (non-hydrogen) atoms. The van der Waals surface area contributed by atoms with Gasteiger partial charge in [0.05, 0.1) is 0 Å². The maximum absolute atomic E-state index is 11.5. The Morgan fingerprint density at radius 1 is 1.31 bits per heavy atom. The van der Waals surface area contributed by atoms with E-state index in [1.54, 1.807) is 0 Å². The second kappa shape index (κ2) is 4.67. The van der Waals surface area contributed by atoms with Gasteiger partial charge in [0, 0.05) is 10.6 Å².